The molecule has 2 nitrogen and oxygen atoms in total. The molecule has 24 heavy (non-hydrogen) atoms. The van der Waals surface area contributed by atoms with Crippen molar-refractivity contribution in [3.63, 3.8) is 0 Å². The van der Waals surface area contributed by atoms with E-state index in [4.69, 9.17) is 16.3 Å². The highest BCUT2D eigenvalue weighted by Gasteiger charge is 2.25. The summed E-state index contributed by atoms with van der Waals surface area (Å²) in [7, 11) is 0. The van der Waals surface area contributed by atoms with Gasteiger partial charge in [0.05, 0.1) is 0 Å². The molecule has 1 saturated heterocycles. The van der Waals surface area contributed by atoms with Gasteiger partial charge in [0, 0.05) is 24.3 Å². The van der Waals surface area contributed by atoms with Gasteiger partial charge in [-0.15, -0.1) is 0 Å². The van der Waals surface area contributed by atoms with Crippen LogP contribution in [0.4, 0.5) is 0 Å². The SMILES string of the molecule is CC(C)=CC(CC(C)(C)c1ccc(Cl)cc1)NCC1CCOCC1. The second-order valence-electron chi connectivity index (χ2n) is 7.91. The van der Waals surface area contributed by atoms with E-state index in [0.717, 1.165) is 37.1 Å². The van der Waals surface area contributed by atoms with Crippen molar-refractivity contribution in [2.45, 2.75) is 58.4 Å². The molecule has 1 unspecified atom stereocenters. The van der Waals surface area contributed by atoms with Crippen molar-refractivity contribution < 1.29 is 4.74 Å². The summed E-state index contributed by atoms with van der Waals surface area (Å²) in [5, 5.41) is 4.60. The van der Waals surface area contributed by atoms with E-state index in [1.165, 1.54) is 24.0 Å². The molecule has 1 aliphatic rings. The third kappa shape index (κ3) is 6.23. The van der Waals surface area contributed by atoms with Crippen LogP contribution in [-0.2, 0) is 10.2 Å². The summed E-state index contributed by atoms with van der Waals surface area (Å²) in [5.41, 5.74) is 2.81. The van der Waals surface area contributed by atoms with Crippen LogP contribution < -0.4 is 5.32 Å². The minimum absolute atomic E-state index is 0.101. The Balaban J connectivity index is 2.01. The van der Waals surface area contributed by atoms with Crippen LogP contribution in [0.3, 0.4) is 0 Å². The summed E-state index contributed by atoms with van der Waals surface area (Å²) < 4.78 is 5.47. The molecule has 134 valence electrons. The average molecular weight is 350 g/mol. The van der Waals surface area contributed by atoms with Gasteiger partial charge >= 0.3 is 0 Å². The third-order valence-corrected chi connectivity index (χ3v) is 5.15. The minimum atomic E-state index is 0.101. The van der Waals surface area contributed by atoms with Crippen LogP contribution in [0.15, 0.2) is 35.9 Å². The fourth-order valence-electron chi connectivity index (χ4n) is 3.43. The predicted molar refractivity (Wildman–Crippen MR) is 104 cm³/mol. The molecule has 1 aliphatic heterocycles. The molecule has 3 heteroatoms. The third-order valence-electron chi connectivity index (χ3n) is 4.90. The largest absolute Gasteiger partial charge is 0.381 e. The molecule has 2 rings (SSSR count). The molecule has 1 fully saturated rings. The second kappa shape index (κ2) is 9.03. The number of hydrogen-bond acceptors (Lipinski definition) is 2. The van der Waals surface area contributed by atoms with Crippen molar-refractivity contribution in [1.82, 2.24) is 5.32 Å². The molecule has 1 heterocycles. The van der Waals surface area contributed by atoms with Crippen LogP contribution in [0.25, 0.3) is 0 Å². The van der Waals surface area contributed by atoms with Crippen LogP contribution in [0, 0.1) is 5.92 Å². The first kappa shape index (κ1) is 19.5. The maximum absolute atomic E-state index is 6.04. The van der Waals surface area contributed by atoms with Gasteiger partial charge in [0.15, 0.2) is 0 Å². The molecule has 0 aromatic heterocycles. The molecule has 0 bridgehead atoms. The number of allylic oxidation sites excluding steroid dienone is 1. The number of halogens is 1. The molecule has 1 N–H and O–H groups in total. The van der Waals surface area contributed by atoms with Crippen molar-refractivity contribution in [3.05, 3.63) is 46.5 Å². The molecule has 1 aromatic rings. The first-order valence-electron chi connectivity index (χ1n) is 9.09. The Morgan fingerprint density at radius 2 is 1.88 bits per heavy atom. The van der Waals surface area contributed by atoms with Crippen molar-refractivity contribution >= 4 is 11.6 Å². The van der Waals surface area contributed by atoms with Gasteiger partial charge in [-0.1, -0.05) is 49.2 Å². The molecule has 1 aromatic carbocycles. The lowest BCUT2D eigenvalue weighted by Crippen LogP contribution is -2.38. The Labute approximate surface area is 152 Å². The summed E-state index contributed by atoms with van der Waals surface area (Å²) in [6.07, 6.45) is 5.80. The lowest BCUT2D eigenvalue weighted by atomic mass is 9.78. The molecular formula is C21H32ClNO. The maximum Gasteiger partial charge on any atom is 0.0469 e. The Morgan fingerprint density at radius 1 is 1.25 bits per heavy atom. The summed E-state index contributed by atoms with van der Waals surface area (Å²) in [4.78, 5) is 0. The highest BCUT2D eigenvalue weighted by molar-refractivity contribution is 6.30. The van der Waals surface area contributed by atoms with Gasteiger partial charge < -0.3 is 10.1 Å². The summed E-state index contributed by atoms with van der Waals surface area (Å²) in [6, 6.07) is 8.68. The van der Waals surface area contributed by atoms with E-state index in [1.807, 2.05) is 12.1 Å². The molecule has 0 spiro atoms. The highest BCUT2D eigenvalue weighted by atomic mass is 35.5. The van der Waals surface area contributed by atoms with Crippen molar-refractivity contribution in [1.29, 1.82) is 0 Å². The summed E-state index contributed by atoms with van der Waals surface area (Å²) in [5.74, 6) is 0.741. The summed E-state index contributed by atoms with van der Waals surface area (Å²) in [6.45, 7) is 11.9. The van der Waals surface area contributed by atoms with E-state index in [1.54, 1.807) is 0 Å². The Bertz CT molecular complexity index is 525. The topological polar surface area (TPSA) is 21.3 Å². The van der Waals surface area contributed by atoms with Crippen LogP contribution in [-0.4, -0.2) is 25.8 Å². The maximum atomic E-state index is 6.04. The van der Waals surface area contributed by atoms with Crippen LogP contribution in [0.5, 0.6) is 0 Å². The molecule has 0 radical (unpaired) electrons. The van der Waals surface area contributed by atoms with Gasteiger partial charge in [-0.05, 0) is 68.7 Å². The van der Waals surface area contributed by atoms with Gasteiger partial charge in [-0.2, -0.15) is 0 Å². The Morgan fingerprint density at radius 3 is 2.46 bits per heavy atom. The van der Waals surface area contributed by atoms with E-state index in [9.17, 15) is 0 Å². The predicted octanol–water partition coefficient (Wildman–Crippen LogP) is 5.36. The number of hydrogen-bond donors (Lipinski definition) is 1. The van der Waals surface area contributed by atoms with E-state index in [-0.39, 0.29) is 5.41 Å². The second-order valence-corrected chi connectivity index (χ2v) is 8.35. The van der Waals surface area contributed by atoms with Gasteiger partial charge in [0.2, 0.25) is 0 Å². The van der Waals surface area contributed by atoms with Gasteiger partial charge in [-0.25, -0.2) is 0 Å². The van der Waals surface area contributed by atoms with E-state index < -0.39 is 0 Å². The Hall–Kier alpha value is -0.830. The van der Waals surface area contributed by atoms with E-state index >= 15 is 0 Å². The molecule has 0 aliphatic carbocycles. The quantitative estimate of drug-likeness (QED) is 0.669. The number of benzene rings is 1. The normalized spacial score (nSPS) is 17.5. The summed E-state index contributed by atoms with van der Waals surface area (Å²) >= 11 is 6.04. The Kier molecular flexibility index (Phi) is 7.34. The number of rotatable bonds is 7. The number of ether oxygens (including phenoxy) is 1. The van der Waals surface area contributed by atoms with Gasteiger partial charge in [0.25, 0.3) is 0 Å². The van der Waals surface area contributed by atoms with Crippen LogP contribution >= 0.6 is 11.6 Å². The molecule has 0 amide bonds. The zero-order chi connectivity index (χ0) is 17.6. The zero-order valence-electron chi connectivity index (χ0n) is 15.6. The standard InChI is InChI=1S/C21H32ClNO/c1-16(2)13-20(23-15-17-9-11-24-12-10-17)14-21(3,4)18-5-7-19(22)8-6-18/h5-8,13,17,20,23H,9-12,14-15H2,1-4H3. The first-order valence-corrected chi connectivity index (χ1v) is 9.47. The fourth-order valence-corrected chi connectivity index (χ4v) is 3.56. The van der Waals surface area contributed by atoms with Crippen molar-refractivity contribution in [3.8, 4) is 0 Å². The van der Waals surface area contributed by atoms with Crippen LogP contribution in [0.2, 0.25) is 5.02 Å². The number of nitrogens with one attached hydrogen (secondary N) is 1. The molecular weight excluding hydrogens is 318 g/mol. The first-order chi connectivity index (χ1) is 11.4. The van der Waals surface area contributed by atoms with Gasteiger partial charge in [-0.3, -0.25) is 0 Å². The minimum Gasteiger partial charge on any atom is -0.381 e. The van der Waals surface area contributed by atoms with E-state index in [0.29, 0.717) is 6.04 Å². The van der Waals surface area contributed by atoms with Gasteiger partial charge in [0.1, 0.15) is 0 Å². The highest BCUT2D eigenvalue weighted by Crippen LogP contribution is 2.30. The lowest BCUT2D eigenvalue weighted by Gasteiger charge is -2.31. The molecule has 1 atom stereocenters. The monoisotopic (exact) mass is 349 g/mol. The van der Waals surface area contributed by atoms with Crippen molar-refractivity contribution in [2.24, 2.45) is 5.92 Å². The molecule has 0 saturated carbocycles. The fraction of sp³-hybridized carbons (Fsp3) is 0.619. The van der Waals surface area contributed by atoms with E-state index in [2.05, 4.69) is 51.2 Å². The zero-order valence-corrected chi connectivity index (χ0v) is 16.3. The lowest BCUT2D eigenvalue weighted by molar-refractivity contribution is 0.0656. The van der Waals surface area contributed by atoms with Crippen LogP contribution in [0.1, 0.15) is 52.5 Å². The smallest absolute Gasteiger partial charge is 0.0469 e. The van der Waals surface area contributed by atoms with Crippen molar-refractivity contribution in [2.75, 3.05) is 19.8 Å². The average Bonchev–Trinajstić information content (AvgIpc) is 2.53.